The lowest BCUT2D eigenvalue weighted by atomic mass is 9.70. The Morgan fingerprint density at radius 1 is 1.21 bits per heavy atom. The van der Waals surface area contributed by atoms with Crippen molar-refractivity contribution < 1.29 is 19.1 Å². The van der Waals surface area contributed by atoms with Crippen LogP contribution in [0.3, 0.4) is 0 Å². The highest BCUT2D eigenvalue weighted by Crippen LogP contribution is 2.61. The van der Waals surface area contributed by atoms with Gasteiger partial charge in [0.25, 0.3) is 0 Å². The summed E-state index contributed by atoms with van der Waals surface area (Å²) < 4.78 is 18.0. The van der Waals surface area contributed by atoms with E-state index in [1.807, 2.05) is 10.5 Å². The van der Waals surface area contributed by atoms with E-state index in [-0.39, 0.29) is 16.5 Å². The molecular formula is C32H27Cl2FN4O3. The molecule has 3 aliphatic rings. The van der Waals surface area contributed by atoms with Gasteiger partial charge in [0, 0.05) is 59.5 Å². The topological polar surface area (TPSA) is 86.9 Å². The molecule has 7 nitrogen and oxygen atoms in total. The number of anilines is 1. The van der Waals surface area contributed by atoms with Crippen LogP contribution in [0.15, 0.2) is 67.4 Å². The van der Waals surface area contributed by atoms with Gasteiger partial charge in [-0.1, -0.05) is 47.5 Å². The molecule has 1 amide bonds. The lowest BCUT2D eigenvalue weighted by molar-refractivity contribution is -0.127. The molecule has 2 aromatic carbocycles. The number of benzene rings is 2. The highest BCUT2D eigenvalue weighted by Gasteiger charge is 2.65. The zero-order valence-electron chi connectivity index (χ0n) is 22.5. The fourth-order valence-corrected chi connectivity index (χ4v) is 7.40. The first-order valence-electron chi connectivity index (χ1n) is 13.9. The fraction of sp³-hybridized carbons (Fsp3) is 0.281. The van der Waals surface area contributed by atoms with Crippen molar-refractivity contribution in [1.29, 1.82) is 0 Å². The molecule has 2 N–H and O–H groups in total. The van der Waals surface area contributed by atoms with Gasteiger partial charge in [-0.15, -0.1) is 6.58 Å². The number of hydrogen-bond acceptors (Lipinski definition) is 4. The van der Waals surface area contributed by atoms with E-state index in [1.165, 1.54) is 18.2 Å². The third kappa shape index (κ3) is 4.00. The number of rotatable bonds is 7. The predicted octanol–water partition coefficient (Wildman–Crippen LogP) is 6.65. The summed E-state index contributed by atoms with van der Waals surface area (Å²) in [6.07, 6.45) is 6.03. The van der Waals surface area contributed by atoms with Gasteiger partial charge in [0.15, 0.2) is 0 Å². The summed E-state index contributed by atoms with van der Waals surface area (Å²) in [5.41, 5.74) is 2.50. The van der Waals surface area contributed by atoms with Crippen LogP contribution >= 0.6 is 23.2 Å². The van der Waals surface area contributed by atoms with Gasteiger partial charge in [-0.3, -0.25) is 9.69 Å². The summed E-state index contributed by atoms with van der Waals surface area (Å²) in [6.45, 7) is 5.04. The molecule has 2 aromatic heterocycles. The molecule has 7 rings (SSSR count). The predicted molar refractivity (Wildman–Crippen MR) is 159 cm³/mol. The maximum Gasteiger partial charge on any atom is 0.335 e. The van der Waals surface area contributed by atoms with Crippen molar-refractivity contribution in [2.24, 2.45) is 5.92 Å². The zero-order valence-corrected chi connectivity index (χ0v) is 24.0. The number of carbonyl (C=O) groups is 2. The van der Waals surface area contributed by atoms with E-state index in [2.05, 4.69) is 16.8 Å². The van der Waals surface area contributed by atoms with E-state index in [0.29, 0.717) is 53.0 Å². The average molecular weight is 605 g/mol. The molecule has 10 heteroatoms. The van der Waals surface area contributed by atoms with Gasteiger partial charge in [-0.25, -0.2) is 14.2 Å². The zero-order chi connectivity index (χ0) is 29.3. The number of carboxylic acids is 1. The summed E-state index contributed by atoms with van der Waals surface area (Å²) >= 11 is 12.7. The maximum atomic E-state index is 16.1. The first-order chi connectivity index (χ1) is 20.2. The van der Waals surface area contributed by atoms with Gasteiger partial charge < -0.3 is 14.8 Å². The van der Waals surface area contributed by atoms with Crippen LogP contribution in [0.25, 0.3) is 5.65 Å². The normalized spacial score (nSPS) is 23.5. The fourth-order valence-electron chi connectivity index (χ4n) is 7.05. The van der Waals surface area contributed by atoms with Gasteiger partial charge in [0.2, 0.25) is 5.91 Å². The van der Waals surface area contributed by atoms with Crippen molar-refractivity contribution in [3.63, 3.8) is 0 Å². The number of aromatic carboxylic acids is 1. The van der Waals surface area contributed by atoms with E-state index >= 15 is 4.39 Å². The monoisotopic (exact) mass is 604 g/mol. The second-order valence-electron chi connectivity index (χ2n) is 11.4. The van der Waals surface area contributed by atoms with Crippen molar-refractivity contribution in [2.75, 3.05) is 18.4 Å². The Morgan fingerprint density at radius 3 is 2.76 bits per heavy atom. The van der Waals surface area contributed by atoms with Crippen molar-refractivity contribution in [2.45, 2.75) is 36.6 Å². The van der Waals surface area contributed by atoms with Crippen molar-refractivity contribution in [3.8, 4) is 0 Å². The molecule has 1 spiro atoms. The van der Waals surface area contributed by atoms with Crippen LogP contribution in [0.5, 0.6) is 0 Å². The summed E-state index contributed by atoms with van der Waals surface area (Å²) in [5.74, 6) is -2.58. The molecule has 1 aliphatic carbocycles. The molecule has 0 radical (unpaired) electrons. The van der Waals surface area contributed by atoms with Crippen molar-refractivity contribution >= 4 is 46.4 Å². The first kappa shape index (κ1) is 27.1. The number of allylic oxidation sites excluding steroid dienone is 1. The molecule has 2 aliphatic heterocycles. The van der Waals surface area contributed by atoms with Gasteiger partial charge >= 0.3 is 5.97 Å². The second-order valence-corrected chi connectivity index (χ2v) is 12.2. The summed E-state index contributed by atoms with van der Waals surface area (Å²) in [7, 11) is 0. The van der Waals surface area contributed by atoms with Gasteiger partial charge in [-0.2, -0.15) is 0 Å². The summed E-state index contributed by atoms with van der Waals surface area (Å²) in [4.78, 5) is 33.3. The number of nitrogens with zero attached hydrogens (tertiary/aromatic N) is 3. The number of amides is 1. The number of carbonyl (C=O) groups excluding carboxylic acids is 1. The lowest BCUT2D eigenvalue weighted by Gasteiger charge is -2.38. The first-order valence-corrected chi connectivity index (χ1v) is 14.6. The van der Waals surface area contributed by atoms with Crippen LogP contribution in [-0.2, 0) is 16.8 Å². The van der Waals surface area contributed by atoms with E-state index in [9.17, 15) is 14.7 Å². The van der Waals surface area contributed by atoms with Crippen molar-refractivity contribution in [1.82, 2.24) is 14.3 Å². The third-order valence-corrected chi connectivity index (χ3v) is 9.47. The molecule has 4 aromatic rings. The van der Waals surface area contributed by atoms with E-state index in [0.717, 1.165) is 24.1 Å². The molecule has 42 heavy (non-hydrogen) atoms. The van der Waals surface area contributed by atoms with Crippen LogP contribution in [0.1, 0.15) is 57.6 Å². The average Bonchev–Trinajstić information content (AvgIpc) is 3.53. The van der Waals surface area contributed by atoms with E-state index < -0.39 is 29.2 Å². The van der Waals surface area contributed by atoms with Crippen LogP contribution in [0, 0.1) is 11.7 Å². The van der Waals surface area contributed by atoms with Crippen LogP contribution < -0.4 is 5.32 Å². The third-order valence-electron chi connectivity index (χ3n) is 8.94. The number of halogens is 3. The number of carboxylic acid groups (broad SMARTS) is 1. The molecule has 0 bridgehead atoms. The van der Waals surface area contributed by atoms with Gasteiger partial charge in [0.1, 0.15) is 17.0 Å². The van der Waals surface area contributed by atoms with Crippen molar-refractivity contribution in [3.05, 3.63) is 111 Å². The number of hydrogen-bond donors (Lipinski definition) is 2. The Hall–Kier alpha value is -3.72. The Balaban J connectivity index is 1.52. The summed E-state index contributed by atoms with van der Waals surface area (Å²) in [5, 5.41) is 13.1. The highest BCUT2D eigenvalue weighted by atomic mass is 35.5. The Morgan fingerprint density at radius 2 is 2.02 bits per heavy atom. The molecule has 1 saturated carbocycles. The van der Waals surface area contributed by atoms with Crippen LogP contribution in [0.4, 0.5) is 10.1 Å². The molecule has 214 valence electrons. The maximum absolute atomic E-state index is 16.1. The Kier molecular flexibility index (Phi) is 6.42. The Labute approximate surface area is 251 Å². The van der Waals surface area contributed by atoms with Gasteiger partial charge in [-0.05, 0) is 54.7 Å². The number of likely N-dealkylation sites (tertiary alicyclic amines) is 1. The number of pyridine rings is 1. The van der Waals surface area contributed by atoms with E-state index in [4.69, 9.17) is 28.2 Å². The van der Waals surface area contributed by atoms with Gasteiger partial charge in [0.05, 0.1) is 16.3 Å². The smallest absolute Gasteiger partial charge is 0.335 e. The molecular weight excluding hydrogens is 578 g/mol. The molecule has 2 fully saturated rings. The molecule has 4 heterocycles. The van der Waals surface area contributed by atoms with Crippen LogP contribution in [-0.4, -0.2) is 44.4 Å². The number of fused-ring (bicyclic) bond motifs is 3. The Bertz CT molecular complexity index is 1800. The lowest BCUT2D eigenvalue weighted by Crippen LogP contribution is -2.50. The molecule has 0 unspecified atom stereocenters. The minimum absolute atomic E-state index is 0.0239. The quantitative estimate of drug-likeness (QED) is 0.231. The van der Waals surface area contributed by atoms with E-state index in [1.54, 1.807) is 36.5 Å². The highest BCUT2D eigenvalue weighted by molar-refractivity contribution is 6.31. The number of nitrogens with one attached hydrogen (secondary N) is 1. The number of imidazole rings is 1. The van der Waals surface area contributed by atoms with Crippen LogP contribution in [0.2, 0.25) is 10.0 Å². The standard InChI is InChI=1S/C32H27Cl2FN4O3/c1-2-4-25-29(37-26-13-18(30(40)41)11-12-39(25)26)21-16-38(15-17-7-8-17)32(27(21)20-5-3-6-23(34)28(20)35)22-10-9-19(33)14-24(22)36-31(32)42/h2-3,5-6,9-14,17,21,27H,1,4,7-8,15-16H2,(H,36,42)(H,40,41)/t21-,27+,32-/m1/s1. The minimum Gasteiger partial charge on any atom is -0.478 e. The minimum atomic E-state index is -1.24. The second kappa shape index (κ2) is 9.93. The summed E-state index contributed by atoms with van der Waals surface area (Å²) in [6, 6.07) is 13.3. The largest absolute Gasteiger partial charge is 0.478 e. The number of aromatic nitrogens is 2. The SMILES string of the molecule is C=CCc1c([C@@H]2CN(CC3CC3)[C@@]3(C(=O)Nc4cc(Cl)ccc43)[C@H]2c2cccc(Cl)c2F)nc2cc(C(=O)O)ccn12. The molecule has 1 saturated heterocycles. The molecule has 3 atom stereocenters.